The van der Waals surface area contributed by atoms with Crippen molar-refractivity contribution in [3.05, 3.63) is 115 Å². The molecular weight excluding hydrogens is 508 g/mol. The van der Waals surface area contributed by atoms with Crippen LogP contribution in [0.25, 0.3) is 11.1 Å². The Morgan fingerprint density at radius 3 is 1.92 bits per heavy atom. The molecule has 0 spiro atoms. The van der Waals surface area contributed by atoms with E-state index in [2.05, 4.69) is 5.32 Å². The molecule has 9 heteroatoms. The Hall–Kier alpha value is -3.95. The Morgan fingerprint density at radius 2 is 1.30 bits per heavy atom. The summed E-state index contributed by atoms with van der Waals surface area (Å²) in [5.74, 6) is 0. The lowest BCUT2D eigenvalue weighted by molar-refractivity contribution is 0.251. The number of rotatable bonds is 6. The maximum Gasteiger partial charge on any atom is 0.323 e. The normalized spacial score (nSPS) is 18.0. The standard InChI is InChI=1S/C28H24N2O5S2/c1-36(32,33)26-14-8-9-22(19-26)21-15-17-23(18-16-21)28(37(34,35)25-12-6-3-7-13-25)20-29-27(31)30(28)24-10-4-2-5-11-24/h2-19H,20H2,1H3,(H,29,31). The average molecular weight is 533 g/mol. The molecule has 2 amide bonds. The number of amides is 2. The summed E-state index contributed by atoms with van der Waals surface area (Å²) in [7, 11) is -7.51. The van der Waals surface area contributed by atoms with Crippen LogP contribution in [0.4, 0.5) is 10.5 Å². The number of carbonyl (C=O) groups excluding carboxylic acids is 1. The van der Waals surface area contributed by atoms with Crippen molar-refractivity contribution < 1.29 is 21.6 Å². The number of nitrogens with zero attached hydrogens (tertiary/aromatic N) is 1. The van der Waals surface area contributed by atoms with Crippen LogP contribution in [0.15, 0.2) is 119 Å². The summed E-state index contributed by atoms with van der Waals surface area (Å²) in [5.41, 5.74) is 2.24. The summed E-state index contributed by atoms with van der Waals surface area (Å²) in [4.78, 5) is 13.0. The Balaban J connectivity index is 1.69. The van der Waals surface area contributed by atoms with Crippen LogP contribution in [-0.2, 0) is 24.5 Å². The molecule has 7 nitrogen and oxygen atoms in total. The van der Waals surface area contributed by atoms with Gasteiger partial charge in [-0.05, 0) is 53.1 Å². The number of nitrogens with one attached hydrogen (secondary N) is 1. The lowest BCUT2D eigenvalue weighted by Gasteiger charge is -2.37. The van der Waals surface area contributed by atoms with Gasteiger partial charge in [-0.1, -0.05) is 72.8 Å². The third-order valence-corrected chi connectivity index (χ3v) is 9.94. The predicted octanol–water partition coefficient (Wildman–Crippen LogP) is 4.61. The zero-order valence-corrected chi connectivity index (χ0v) is 21.5. The van der Waals surface area contributed by atoms with Crippen LogP contribution in [0.2, 0.25) is 0 Å². The molecule has 0 saturated carbocycles. The van der Waals surface area contributed by atoms with Gasteiger partial charge in [0.15, 0.2) is 14.7 Å². The summed E-state index contributed by atoms with van der Waals surface area (Å²) < 4.78 is 52.6. The van der Waals surface area contributed by atoms with Gasteiger partial charge in [-0.2, -0.15) is 0 Å². The zero-order valence-electron chi connectivity index (χ0n) is 19.9. The molecule has 1 aliphatic heterocycles. The fourth-order valence-corrected chi connectivity index (χ4v) is 7.36. The van der Waals surface area contributed by atoms with E-state index in [0.717, 1.165) is 6.26 Å². The van der Waals surface area contributed by atoms with Crippen molar-refractivity contribution in [2.24, 2.45) is 0 Å². The second-order valence-electron chi connectivity index (χ2n) is 8.81. The summed E-state index contributed by atoms with van der Waals surface area (Å²) >= 11 is 0. The van der Waals surface area contributed by atoms with Gasteiger partial charge in [-0.25, -0.2) is 21.6 Å². The van der Waals surface area contributed by atoms with Crippen LogP contribution in [0.5, 0.6) is 0 Å². The largest absolute Gasteiger partial charge is 0.334 e. The molecule has 1 fully saturated rings. The monoisotopic (exact) mass is 532 g/mol. The number of para-hydroxylation sites is 1. The molecule has 1 saturated heterocycles. The van der Waals surface area contributed by atoms with Crippen LogP contribution in [0.1, 0.15) is 5.56 Å². The van der Waals surface area contributed by atoms with Crippen LogP contribution in [-0.4, -0.2) is 35.7 Å². The second kappa shape index (κ2) is 9.17. The van der Waals surface area contributed by atoms with Crippen molar-refractivity contribution in [1.82, 2.24) is 5.32 Å². The molecule has 4 aromatic carbocycles. The minimum Gasteiger partial charge on any atom is -0.334 e. The van der Waals surface area contributed by atoms with Gasteiger partial charge in [-0.3, -0.25) is 4.90 Å². The molecular formula is C28H24N2O5S2. The topological polar surface area (TPSA) is 101 Å². The SMILES string of the molecule is CS(=O)(=O)c1cccc(-c2ccc(C3(S(=O)(=O)c4ccccc4)CNC(=O)N3c3ccccc3)cc2)c1. The molecule has 5 rings (SSSR count). The van der Waals surface area contributed by atoms with Crippen molar-refractivity contribution in [3.63, 3.8) is 0 Å². The summed E-state index contributed by atoms with van der Waals surface area (Å²) in [6.45, 7) is -0.152. The molecule has 0 radical (unpaired) electrons. The number of anilines is 1. The van der Waals surface area contributed by atoms with Gasteiger partial charge in [0.1, 0.15) is 0 Å². The van der Waals surface area contributed by atoms with Gasteiger partial charge in [0.25, 0.3) is 0 Å². The lowest BCUT2D eigenvalue weighted by atomic mass is 9.99. The van der Waals surface area contributed by atoms with E-state index in [1.165, 1.54) is 23.1 Å². The van der Waals surface area contributed by atoms with Crippen molar-refractivity contribution in [2.45, 2.75) is 14.7 Å². The first-order valence-corrected chi connectivity index (χ1v) is 14.9. The summed E-state index contributed by atoms with van der Waals surface area (Å²) in [5, 5.41) is 2.74. The van der Waals surface area contributed by atoms with E-state index in [1.807, 2.05) is 0 Å². The van der Waals surface area contributed by atoms with Crippen LogP contribution in [0.3, 0.4) is 0 Å². The van der Waals surface area contributed by atoms with Gasteiger partial charge >= 0.3 is 6.03 Å². The van der Waals surface area contributed by atoms with Crippen molar-refractivity contribution in [2.75, 3.05) is 17.7 Å². The van der Waals surface area contributed by atoms with Gasteiger partial charge in [0.2, 0.25) is 9.84 Å². The molecule has 0 aromatic heterocycles. The quantitative estimate of drug-likeness (QED) is 0.391. The van der Waals surface area contributed by atoms with E-state index >= 15 is 0 Å². The van der Waals surface area contributed by atoms with E-state index in [-0.39, 0.29) is 16.3 Å². The number of hydrogen-bond donors (Lipinski definition) is 1. The van der Waals surface area contributed by atoms with Crippen molar-refractivity contribution in [1.29, 1.82) is 0 Å². The highest BCUT2D eigenvalue weighted by Gasteiger charge is 2.57. The highest BCUT2D eigenvalue weighted by atomic mass is 32.2. The average Bonchev–Trinajstić information content (AvgIpc) is 3.28. The van der Waals surface area contributed by atoms with Gasteiger partial charge < -0.3 is 5.32 Å². The Morgan fingerprint density at radius 1 is 0.703 bits per heavy atom. The molecule has 1 unspecified atom stereocenters. The zero-order chi connectivity index (χ0) is 26.3. The van der Waals surface area contributed by atoms with Gasteiger partial charge in [-0.15, -0.1) is 0 Å². The number of carbonyl (C=O) groups is 1. The predicted molar refractivity (Wildman–Crippen MR) is 143 cm³/mol. The van der Waals surface area contributed by atoms with E-state index in [4.69, 9.17) is 0 Å². The lowest BCUT2D eigenvalue weighted by Crippen LogP contribution is -2.51. The minimum absolute atomic E-state index is 0.0948. The number of hydrogen-bond acceptors (Lipinski definition) is 5. The third-order valence-electron chi connectivity index (χ3n) is 6.49. The molecule has 37 heavy (non-hydrogen) atoms. The van der Waals surface area contributed by atoms with Crippen LogP contribution in [0, 0.1) is 0 Å². The molecule has 1 heterocycles. The molecule has 0 bridgehead atoms. The van der Waals surface area contributed by atoms with E-state index < -0.39 is 30.6 Å². The number of urea groups is 1. The maximum absolute atomic E-state index is 14.3. The van der Waals surface area contributed by atoms with Gasteiger partial charge in [0.05, 0.1) is 16.3 Å². The summed E-state index contributed by atoms with van der Waals surface area (Å²) in [6, 6.07) is 29.7. The molecule has 4 aromatic rings. The van der Waals surface area contributed by atoms with Crippen molar-refractivity contribution in [3.8, 4) is 11.1 Å². The molecule has 1 N–H and O–H groups in total. The van der Waals surface area contributed by atoms with E-state index in [9.17, 15) is 21.6 Å². The van der Waals surface area contributed by atoms with E-state index in [0.29, 0.717) is 22.4 Å². The number of sulfone groups is 2. The first-order valence-electron chi connectivity index (χ1n) is 11.5. The number of benzene rings is 4. The molecule has 188 valence electrons. The maximum atomic E-state index is 14.3. The smallest absolute Gasteiger partial charge is 0.323 e. The van der Waals surface area contributed by atoms with Crippen LogP contribution >= 0.6 is 0 Å². The fraction of sp³-hybridized carbons (Fsp3) is 0.107. The van der Waals surface area contributed by atoms with Crippen LogP contribution < -0.4 is 10.2 Å². The molecule has 1 aliphatic rings. The summed E-state index contributed by atoms with van der Waals surface area (Å²) in [6.07, 6.45) is 1.15. The first-order chi connectivity index (χ1) is 17.6. The van der Waals surface area contributed by atoms with Gasteiger partial charge in [0, 0.05) is 11.9 Å². The minimum atomic E-state index is -4.12. The molecule has 1 atom stereocenters. The second-order valence-corrected chi connectivity index (χ2v) is 13.0. The van der Waals surface area contributed by atoms with E-state index in [1.54, 1.807) is 91.0 Å². The third kappa shape index (κ3) is 4.20. The molecule has 0 aliphatic carbocycles. The van der Waals surface area contributed by atoms with Crippen molar-refractivity contribution >= 4 is 31.4 Å². The highest BCUT2D eigenvalue weighted by Crippen LogP contribution is 2.44. The Bertz CT molecular complexity index is 1670. The highest BCUT2D eigenvalue weighted by molar-refractivity contribution is 7.92. The Labute approximate surface area is 216 Å². The first kappa shape index (κ1) is 24.7. The fourth-order valence-electron chi connectivity index (χ4n) is 4.65. The Kier molecular flexibility index (Phi) is 6.13.